The summed E-state index contributed by atoms with van der Waals surface area (Å²) < 4.78 is 6.41. The number of hydrogen-bond acceptors (Lipinski definition) is 3. The largest absolute Gasteiger partial charge is 0.462 e. The van der Waals surface area contributed by atoms with E-state index in [1.807, 2.05) is 0 Å². The maximum atomic E-state index is 13.2. The van der Waals surface area contributed by atoms with E-state index in [0.29, 0.717) is 53.4 Å². The lowest BCUT2D eigenvalue weighted by molar-refractivity contribution is -0.251. The van der Waals surface area contributed by atoms with Crippen molar-refractivity contribution in [2.24, 2.45) is 56.7 Å². The van der Waals surface area contributed by atoms with E-state index in [9.17, 15) is 9.90 Å². The van der Waals surface area contributed by atoms with Gasteiger partial charge in [0.1, 0.15) is 6.10 Å². The van der Waals surface area contributed by atoms with E-state index < -0.39 is 0 Å². The van der Waals surface area contributed by atoms with Gasteiger partial charge in [0, 0.05) is 18.4 Å². The second-order valence-electron chi connectivity index (χ2n) is 20.0. The van der Waals surface area contributed by atoms with Crippen molar-refractivity contribution < 1.29 is 14.6 Å². The maximum absolute atomic E-state index is 13.2. The molecule has 5 fully saturated rings. The lowest BCUT2D eigenvalue weighted by atomic mass is 9.32. The number of ether oxygens (including phenoxy) is 1. The summed E-state index contributed by atoms with van der Waals surface area (Å²) in [6, 6.07) is 0. The molecule has 0 aromatic carbocycles. The van der Waals surface area contributed by atoms with Crippen molar-refractivity contribution in [2.75, 3.05) is 6.61 Å². The molecule has 3 heteroatoms. The molecule has 0 spiro atoms. The minimum absolute atomic E-state index is 0.00475. The lowest BCUT2D eigenvalue weighted by Crippen LogP contribution is -2.67. The highest BCUT2D eigenvalue weighted by atomic mass is 16.5. The number of fused-ring (bicyclic) bond motifs is 7. The van der Waals surface area contributed by atoms with Crippen molar-refractivity contribution in [3.63, 3.8) is 0 Å². The van der Waals surface area contributed by atoms with Crippen LogP contribution in [0.5, 0.6) is 0 Å². The van der Waals surface area contributed by atoms with E-state index >= 15 is 0 Å². The number of carbonyl (C=O) groups is 1. The number of allylic oxidation sites excluding steroid dienone is 5. The second-order valence-corrected chi connectivity index (χ2v) is 20.0. The fraction of sp³-hybridized carbons (Fsp3) is 0.854. The Morgan fingerprint density at radius 1 is 0.745 bits per heavy atom. The Bertz CT molecular complexity index is 1230. The third-order valence-corrected chi connectivity index (χ3v) is 17.1. The first kappa shape index (κ1) is 40.8. The average molecular weight is 705 g/mol. The van der Waals surface area contributed by atoms with Gasteiger partial charge in [0.15, 0.2) is 0 Å². The van der Waals surface area contributed by atoms with Gasteiger partial charge in [-0.15, -0.1) is 0 Å². The number of carbonyl (C=O) groups excluding carboxylic acids is 1. The predicted molar refractivity (Wildman–Crippen MR) is 215 cm³/mol. The van der Waals surface area contributed by atoms with Gasteiger partial charge in [-0.25, -0.2) is 0 Å². The van der Waals surface area contributed by atoms with Gasteiger partial charge in [-0.2, -0.15) is 0 Å². The Labute approximate surface area is 315 Å². The Morgan fingerprint density at radius 3 is 2.12 bits per heavy atom. The summed E-state index contributed by atoms with van der Waals surface area (Å²) in [7, 11) is 0. The van der Waals surface area contributed by atoms with E-state index in [4.69, 9.17) is 4.74 Å². The van der Waals surface area contributed by atoms with Gasteiger partial charge < -0.3 is 9.84 Å². The first-order valence-electron chi connectivity index (χ1n) is 22.1. The Hall–Kier alpha value is -1.35. The summed E-state index contributed by atoms with van der Waals surface area (Å²) >= 11 is 0. The molecule has 5 saturated carbocycles. The highest BCUT2D eigenvalue weighted by Crippen LogP contribution is 2.77. The zero-order chi connectivity index (χ0) is 36.9. The molecule has 1 N–H and O–H groups in total. The van der Waals surface area contributed by atoms with Crippen molar-refractivity contribution in [3.05, 3.63) is 36.5 Å². The first-order chi connectivity index (χ1) is 24.3. The molecule has 0 unspecified atom stereocenters. The molecule has 0 saturated heterocycles. The van der Waals surface area contributed by atoms with Crippen molar-refractivity contribution in [3.8, 4) is 0 Å². The Balaban J connectivity index is 1.10. The first-order valence-corrected chi connectivity index (χ1v) is 22.1. The van der Waals surface area contributed by atoms with E-state index in [1.165, 1.54) is 115 Å². The molecule has 0 radical (unpaired) electrons. The normalized spacial score (nSPS) is 40.1. The van der Waals surface area contributed by atoms with Crippen LogP contribution in [0.4, 0.5) is 0 Å². The molecule has 0 aromatic rings. The SMILES string of the molecule is C=C(C)[C@@H]1CC[C@]2(CO)CC[C@]3(C)[C@H](CC[C@@H]4[C@@]5(C)CC[C@H](OC(=O)CCCCCCC/C=C\C/C=C\CCCCC)C(C)(C)[C@@H]5CC[C@]43C)[C@@H]12. The molecule has 5 rings (SSSR count). The molecule has 5 aliphatic carbocycles. The number of unbranched alkanes of at least 4 members (excludes halogenated alkanes) is 8. The smallest absolute Gasteiger partial charge is 0.306 e. The van der Waals surface area contributed by atoms with Crippen LogP contribution in [0.25, 0.3) is 0 Å². The van der Waals surface area contributed by atoms with Gasteiger partial charge in [-0.05, 0) is 161 Å². The summed E-state index contributed by atoms with van der Waals surface area (Å²) in [6.45, 7) is 22.3. The molecular formula is C48H80O3. The topological polar surface area (TPSA) is 46.5 Å². The molecule has 3 nitrogen and oxygen atoms in total. The van der Waals surface area contributed by atoms with Gasteiger partial charge in [0.2, 0.25) is 0 Å². The molecule has 290 valence electrons. The van der Waals surface area contributed by atoms with Gasteiger partial charge in [0.05, 0.1) is 0 Å². The minimum atomic E-state index is -0.00475. The van der Waals surface area contributed by atoms with Crippen LogP contribution in [0.3, 0.4) is 0 Å². The molecule has 0 aliphatic heterocycles. The molecule has 0 heterocycles. The number of aliphatic hydroxyl groups is 1. The van der Waals surface area contributed by atoms with Crippen LogP contribution >= 0.6 is 0 Å². The summed E-state index contributed by atoms with van der Waals surface area (Å²) in [6.07, 6.45) is 35.3. The number of hydrogen-bond donors (Lipinski definition) is 1. The van der Waals surface area contributed by atoms with Crippen LogP contribution in [0.2, 0.25) is 0 Å². The van der Waals surface area contributed by atoms with Crippen LogP contribution in [0, 0.1) is 56.7 Å². The molecule has 10 atom stereocenters. The summed E-state index contributed by atoms with van der Waals surface area (Å²) in [5.41, 5.74) is 2.36. The molecule has 0 aromatic heterocycles. The van der Waals surface area contributed by atoms with Crippen LogP contribution in [0.15, 0.2) is 36.5 Å². The standard InChI is InChI=1S/C48H80O3/c1-9-10-11-12-13-14-15-16-17-18-19-20-21-22-23-24-42(50)51-41-29-30-45(6)39(44(41,4)5)28-31-47(8)40(45)26-25-38-43-37(36(2)3)27-32-48(43,35-49)34-33-46(38,47)7/h13-14,16-17,37-41,43,49H,2,9-12,15,18-35H2,1,3-8H3/b14-13-,17-16-/t37-,38+,39-,40+,41-,43+,45-,46+,47+,48+/m0/s1. The predicted octanol–water partition coefficient (Wildman–Crippen LogP) is 13.4. The van der Waals surface area contributed by atoms with Gasteiger partial charge >= 0.3 is 5.97 Å². The summed E-state index contributed by atoms with van der Waals surface area (Å²) in [5.74, 6) is 3.17. The zero-order valence-corrected chi connectivity index (χ0v) is 34.5. The van der Waals surface area contributed by atoms with E-state index in [-0.39, 0.29) is 28.3 Å². The monoisotopic (exact) mass is 705 g/mol. The number of aliphatic hydroxyl groups excluding tert-OH is 1. The van der Waals surface area contributed by atoms with Crippen molar-refractivity contribution in [2.45, 2.75) is 196 Å². The lowest BCUT2D eigenvalue weighted by Gasteiger charge is -2.73. The van der Waals surface area contributed by atoms with Gasteiger partial charge in [-0.1, -0.05) is 110 Å². The zero-order valence-electron chi connectivity index (χ0n) is 34.5. The Kier molecular flexibility index (Phi) is 13.6. The number of rotatable bonds is 17. The van der Waals surface area contributed by atoms with E-state index in [0.717, 1.165) is 25.7 Å². The quantitative estimate of drug-likeness (QED) is 0.0931. The molecule has 0 amide bonds. The highest BCUT2D eigenvalue weighted by molar-refractivity contribution is 5.69. The summed E-state index contributed by atoms with van der Waals surface area (Å²) in [5, 5.41) is 10.8. The fourth-order valence-corrected chi connectivity index (χ4v) is 14.0. The van der Waals surface area contributed by atoms with Crippen molar-refractivity contribution >= 4 is 5.97 Å². The van der Waals surface area contributed by atoms with E-state index in [2.05, 4.69) is 79.3 Å². The van der Waals surface area contributed by atoms with Crippen LogP contribution < -0.4 is 0 Å². The molecular weight excluding hydrogens is 625 g/mol. The van der Waals surface area contributed by atoms with Crippen LogP contribution in [0.1, 0.15) is 190 Å². The van der Waals surface area contributed by atoms with E-state index in [1.54, 1.807) is 0 Å². The third kappa shape index (κ3) is 7.92. The Morgan fingerprint density at radius 2 is 1.43 bits per heavy atom. The van der Waals surface area contributed by atoms with Gasteiger partial charge in [0.25, 0.3) is 0 Å². The number of esters is 1. The fourth-order valence-electron chi connectivity index (χ4n) is 14.0. The van der Waals surface area contributed by atoms with Crippen molar-refractivity contribution in [1.29, 1.82) is 0 Å². The van der Waals surface area contributed by atoms with Gasteiger partial charge in [-0.3, -0.25) is 4.79 Å². The third-order valence-electron chi connectivity index (χ3n) is 17.1. The van der Waals surface area contributed by atoms with Crippen LogP contribution in [-0.2, 0) is 9.53 Å². The maximum Gasteiger partial charge on any atom is 0.306 e. The van der Waals surface area contributed by atoms with Crippen LogP contribution in [-0.4, -0.2) is 23.8 Å². The van der Waals surface area contributed by atoms with Crippen molar-refractivity contribution in [1.82, 2.24) is 0 Å². The molecule has 5 aliphatic rings. The highest BCUT2D eigenvalue weighted by Gasteiger charge is 2.71. The summed E-state index contributed by atoms with van der Waals surface area (Å²) in [4.78, 5) is 13.2. The molecule has 51 heavy (non-hydrogen) atoms. The average Bonchev–Trinajstić information content (AvgIpc) is 3.49. The second kappa shape index (κ2) is 17.0. The molecule has 0 bridgehead atoms. The minimum Gasteiger partial charge on any atom is -0.462 e.